The van der Waals surface area contributed by atoms with Crippen molar-refractivity contribution in [3.8, 4) is 11.8 Å². The molecule has 1 aromatic heterocycles. The minimum absolute atomic E-state index is 0.532. The molecule has 0 saturated carbocycles. The Morgan fingerprint density at radius 1 is 1.04 bits per heavy atom. The number of hydrogen-bond acceptors (Lipinski definition) is 4. The lowest BCUT2D eigenvalue weighted by Gasteiger charge is -2.07. The molecule has 0 N–H and O–H groups in total. The van der Waals surface area contributed by atoms with Gasteiger partial charge in [0, 0.05) is 0 Å². The number of benzene rings is 3. The van der Waals surface area contributed by atoms with E-state index in [0.717, 1.165) is 32.1 Å². The molecule has 0 unspecified atom stereocenters. The average Bonchev–Trinajstić information content (AvgIpc) is 3.16. The molecule has 0 atom stereocenters. The quantitative estimate of drug-likeness (QED) is 0.383. The van der Waals surface area contributed by atoms with E-state index in [0.29, 0.717) is 12.2 Å². The van der Waals surface area contributed by atoms with Crippen LogP contribution in [0.3, 0.4) is 0 Å². The van der Waals surface area contributed by atoms with E-state index in [-0.39, 0.29) is 0 Å². The molecule has 4 heteroatoms. The number of fused-ring (bicyclic) bond motifs is 1. The van der Waals surface area contributed by atoms with Gasteiger partial charge in [-0.15, -0.1) is 11.3 Å². The molecule has 28 heavy (non-hydrogen) atoms. The van der Waals surface area contributed by atoms with Crippen molar-refractivity contribution in [2.45, 2.75) is 13.5 Å². The molecule has 3 nitrogen and oxygen atoms in total. The van der Waals surface area contributed by atoms with E-state index in [1.165, 1.54) is 16.9 Å². The van der Waals surface area contributed by atoms with Gasteiger partial charge in [-0.2, -0.15) is 5.26 Å². The van der Waals surface area contributed by atoms with Crippen LogP contribution < -0.4 is 4.74 Å². The smallest absolute Gasteiger partial charge is 0.135 e. The summed E-state index contributed by atoms with van der Waals surface area (Å²) in [7, 11) is 0. The summed E-state index contributed by atoms with van der Waals surface area (Å²) in [5, 5.41) is 10.3. The van der Waals surface area contributed by atoms with Crippen LogP contribution in [0.4, 0.5) is 0 Å². The minimum Gasteiger partial charge on any atom is -0.489 e. The van der Waals surface area contributed by atoms with Crippen molar-refractivity contribution < 1.29 is 4.74 Å². The zero-order chi connectivity index (χ0) is 19.3. The first-order chi connectivity index (χ1) is 13.7. The van der Waals surface area contributed by atoms with Gasteiger partial charge in [-0.3, -0.25) is 0 Å². The molecule has 0 aliphatic carbocycles. The van der Waals surface area contributed by atoms with Crippen molar-refractivity contribution in [1.29, 1.82) is 5.26 Å². The molecule has 0 amide bonds. The first-order valence-electron chi connectivity index (χ1n) is 8.97. The summed E-state index contributed by atoms with van der Waals surface area (Å²) in [6.45, 7) is 2.60. The van der Waals surface area contributed by atoms with E-state index >= 15 is 0 Å². The maximum Gasteiger partial charge on any atom is 0.135 e. The molecule has 136 valence electrons. The number of ether oxygens (including phenoxy) is 1. The maximum absolute atomic E-state index is 9.57. The standard InChI is InChI=1S/C24H18N2OS/c1-17-6-8-19(9-7-17)16-27-21-12-10-18(11-13-21)14-20(15-25)24-26-22-4-2-3-5-23(22)28-24/h2-14H,16H2,1H3. The van der Waals surface area contributed by atoms with Crippen molar-refractivity contribution >= 4 is 33.2 Å². The zero-order valence-corrected chi connectivity index (χ0v) is 16.2. The topological polar surface area (TPSA) is 45.9 Å². The highest BCUT2D eigenvalue weighted by atomic mass is 32.1. The van der Waals surface area contributed by atoms with Crippen LogP contribution in [0, 0.1) is 18.3 Å². The van der Waals surface area contributed by atoms with Crippen LogP contribution in [-0.2, 0) is 6.61 Å². The van der Waals surface area contributed by atoms with Crippen LogP contribution in [0.15, 0.2) is 72.8 Å². The van der Waals surface area contributed by atoms with E-state index in [9.17, 15) is 5.26 Å². The molecule has 4 rings (SSSR count). The van der Waals surface area contributed by atoms with E-state index in [2.05, 4.69) is 42.2 Å². The number of aromatic nitrogens is 1. The zero-order valence-electron chi connectivity index (χ0n) is 15.4. The van der Waals surface area contributed by atoms with Crippen LogP contribution in [-0.4, -0.2) is 4.98 Å². The second kappa shape index (κ2) is 8.08. The Morgan fingerprint density at radius 2 is 1.79 bits per heavy atom. The Hall–Kier alpha value is -3.42. The highest BCUT2D eigenvalue weighted by Crippen LogP contribution is 2.28. The third kappa shape index (κ3) is 4.11. The van der Waals surface area contributed by atoms with Gasteiger partial charge in [-0.1, -0.05) is 54.1 Å². The largest absolute Gasteiger partial charge is 0.489 e. The summed E-state index contributed by atoms with van der Waals surface area (Å²) >= 11 is 1.53. The molecule has 0 saturated heterocycles. The van der Waals surface area contributed by atoms with Crippen molar-refractivity contribution in [2.75, 3.05) is 0 Å². The number of thiazole rings is 1. The van der Waals surface area contributed by atoms with Gasteiger partial charge in [0.15, 0.2) is 0 Å². The first-order valence-corrected chi connectivity index (χ1v) is 9.79. The molecular formula is C24H18N2OS. The van der Waals surface area contributed by atoms with Crippen LogP contribution >= 0.6 is 11.3 Å². The number of aryl methyl sites for hydroxylation is 1. The number of nitrogens with zero attached hydrogens (tertiary/aromatic N) is 2. The molecule has 0 fully saturated rings. The van der Waals surface area contributed by atoms with Gasteiger partial charge in [0.25, 0.3) is 0 Å². The Labute approximate surface area is 168 Å². The molecule has 0 bridgehead atoms. The molecule has 1 heterocycles. The fraction of sp³-hybridized carbons (Fsp3) is 0.0833. The summed E-state index contributed by atoms with van der Waals surface area (Å²) in [6.07, 6.45) is 1.86. The molecule has 0 aliphatic heterocycles. The summed E-state index contributed by atoms with van der Waals surface area (Å²) in [4.78, 5) is 4.57. The highest BCUT2D eigenvalue weighted by Gasteiger charge is 2.08. The van der Waals surface area contributed by atoms with Crippen LogP contribution in [0.25, 0.3) is 21.9 Å². The molecule has 3 aromatic carbocycles. The average molecular weight is 382 g/mol. The van der Waals surface area contributed by atoms with Gasteiger partial charge < -0.3 is 4.74 Å². The number of para-hydroxylation sites is 1. The minimum atomic E-state index is 0.532. The fourth-order valence-electron chi connectivity index (χ4n) is 2.81. The number of hydrogen-bond donors (Lipinski definition) is 0. The van der Waals surface area contributed by atoms with Crippen molar-refractivity contribution in [1.82, 2.24) is 4.98 Å². The van der Waals surface area contributed by atoms with Crippen LogP contribution in [0.2, 0.25) is 0 Å². The van der Waals surface area contributed by atoms with E-state index < -0.39 is 0 Å². The van der Waals surface area contributed by atoms with Gasteiger partial charge >= 0.3 is 0 Å². The summed E-state index contributed by atoms with van der Waals surface area (Å²) in [6, 6.07) is 26.3. The van der Waals surface area contributed by atoms with Crippen molar-refractivity contribution in [3.05, 3.63) is 94.5 Å². The SMILES string of the molecule is Cc1ccc(COc2ccc(C=C(C#N)c3nc4ccccc4s3)cc2)cc1. The Bertz CT molecular complexity index is 1130. The third-order valence-corrected chi connectivity index (χ3v) is 5.43. The molecular weight excluding hydrogens is 364 g/mol. The van der Waals surface area contributed by atoms with Crippen molar-refractivity contribution in [2.24, 2.45) is 0 Å². The lowest BCUT2D eigenvalue weighted by atomic mass is 10.1. The molecule has 0 aliphatic rings. The van der Waals surface area contributed by atoms with Crippen LogP contribution in [0.5, 0.6) is 5.75 Å². The summed E-state index contributed by atoms with van der Waals surface area (Å²) < 4.78 is 6.93. The van der Waals surface area contributed by atoms with E-state index in [1.807, 2.05) is 54.6 Å². The first kappa shape index (κ1) is 18.0. The number of rotatable bonds is 5. The normalized spacial score (nSPS) is 11.4. The van der Waals surface area contributed by atoms with Gasteiger partial charge in [0.2, 0.25) is 0 Å². The van der Waals surface area contributed by atoms with Gasteiger partial charge in [0.05, 0.1) is 15.8 Å². The fourth-order valence-corrected chi connectivity index (χ4v) is 3.74. The third-order valence-electron chi connectivity index (χ3n) is 4.36. The molecule has 0 spiro atoms. The Morgan fingerprint density at radius 3 is 2.50 bits per heavy atom. The second-order valence-corrected chi connectivity index (χ2v) is 7.53. The lowest BCUT2D eigenvalue weighted by Crippen LogP contribution is -1.95. The maximum atomic E-state index is 9.57. The van der Waals surface area contributed by atoms with Crippen molar-refractivity contribution in [3.63, 3.8) is 0 Å². The summed E-state index contributed by atoms with van der Waals surface area (Å²) in [5.41, 5.74) is 4.80. The predicted molar refractivity (Wildman–Crippen MR) is 115 cm³/mol. The Kier molecular flexibility index (Phi) is 5.18. The molecule has 4 aromatic rings. The summed E-state index contributed by atoms with van der Waals surface area (Å²) in [5.74, 6) is 0.802. The lowest BCUT2D eigenvalue weighted by molar-refractivity contribution is 0.306. The van der Waals surface area contributed by atoms with Gasteiger partial charge in [-0.05, 0) is 48.4 Å². The van der Waals surface area contributed by atoms with E-state index in [4.69, 9.17) is 4.74 Å². The van der Waals surface area contributed by atoms with Gasteiger partial charge in [0.1, 0.15) is 23.4 Å². The highest BCUT2D eigenvalue weighted by molar-refractivity contribution is 7.19. The number of nitriles is 1. The van der Waals surface area contributed by atoms with E-state index in [1.54, 1.807) is 0 Å². The monoisotopic (exact) mass is 382 g/mol. The van der Waals surface area contributed by atoms with Crippen LogP contribution in [0.1, 0.15) is 21.7 Å². The predicted octanol–water partition coefficient (Wildman–Crippen LogP) is 6.25. The molecule has 0 radical (unpaired) electrons. The Balaban J connectivity index is 1.49. The second-order valence-electron chi connectivity index (χ2n) is 6.50. The number of allylic oxidation sites excluding steroid dienone is 1. The van der Waals surface area contributed by atoms with Gasteiger partial charge in [-0.25, -0.2) is 4.98 Å².